The minimum absolute atomic E-state index is 0.0646. The molecule has 1 aliphatic heterocycles. The van der Waals surface area contributed by atoms with E-state index >= 15 is 0 Å². The normalized spacial score (nSPS) is 17.9. The topological polar surface area (TPSA) is 46.1 Å². The van der Waals surface area contributed by atoms with E-state index in [9.17, 15) is 4.79 Å². The van der Waals surface area contributed by atoms with Crippen molar-refractivity contribution in [1.29, 1.82) is 0 Å². The quantitative estimate of drug-likeness (QED) is 0.846. The van der Waals surface area contributed by atoms with Gasteiger partial charge in [0.25, 0.3) is 5.91 Å². The molecule has 0 aromatic carbocycles. The van der Waals surface area contributed by atoms with Gasteiger partial charge in [-0.2, -0.15) is 0 Å². The Morgan fingerprint density at radius 1 is 1.33 bits per heavy atom. The molecule has 0 saturated carbocycles. The van der Waals surface area contributed by atoms with E-state index in [0.29, 0.717) is 12.0 Å². The van der Waals surface area contributed by atoms with Gasteiger partial charge in [0.1, 0.15) is 5.69 Å². The lowest BCUT2D eigenvalue weighted by Crippen LogP contribution is -2.36. The summed E-state index contributed by atoms with van der Waals surface area (Å²) in [5.74, 6) is 0.748. The number of nitrogens with zero attached hydrogens (tertiary/aromatic N) is 1. The zero-order valence-electron chi connectivity index (χ0n) is 13.6. The molecule has 1 unspecified atom stereocenters. The maximum Gasteiger partial charge on any atom is 0.268 e. The third kappa shape index (κ3) is 4.60. The second-order valence-electron chi connectivity index (χ2n) is 6.63. The van der Waals surface area contributed by atoms with E-state index in [-0.39, 0.29) is 11.9 Å². The van der Waals surface area contributed by atoms with Crippen molar-refractivity contribution in [3.8, 4) is 0 Å². The van der Waals surface area contributed by atoms with E-state index in [1.54, 1.807) is 0 Å². The number of carbonyl (C=O) groups excluding carboxylic acids is 1. The number of rotatable bonds is 6. The molecular formula is C17H29N3O. The van der Waals surface area contributed by atoms with Gasteiger partial charge >= 0.3 is 0 Å². The number of piperidine rings is 1. The van der Waals surface area contributed by atoms with Crippen molar-refractivity contribution in [3.63, 3.8) is 0 Å². The third-order valence-electron chi connectivity index (χ3n) is 4.27. The smallest absolute Gasteiger partial charge is 0.268 e. The first-order valence-corrected chi connectivity index (χ1v) is 8.26. The number of amides is 1. The van der Waals surface area contributed by atoms with Crippen molar-refractivity contribution in [2.75, 3.05) is 13.1 Å². The van der Waals surface area contributed by atoms with Crippen molar-refractivity contribution in [1.82, 2.24) is 15.2 Å². The van der Waals surface area contributed by atoms with Crippen LogP contribution in [-0.4, -0.2) is 29.6 Å². The standard InChI is InChI=1S/C17H29N3O/c1-13(2)6-7-14(3)19-17(21)16-5-4-12-20(16)15-8-10-18-11-9-15/h4-5,12-15,18H,6-11H2,1-3H3,(H,19,21). The van der Waals surface area contributed by atoms with E-state index in [1.807, 2.05) is 18.3 Å². The molecule has 2 heterocycles. The van der Waals surface area contributed by atoms with Gasteiger partial charge in [-0.15, -0.1) is 0 Å². The van der Waals surface area contributed by atoms with Crippen molar-refractivity contribution < 1.29 is 4.79 Å². The van der Waals surface area contributed by atoms with E-state index in [1.165, 1.54) is 0 Å². The molecule has 1 saturated heterocycles. The molecular weight excluding hydrogens is 262 g/mol. The summed E-state index contributed by atoms with van der Waals surface area (Å²) >= 11 is 0. The van der Waals surface area contributed by atoms with E-state index in [4.69, 9.17) is 0 Å². The highest BCUT2D eigenvalue weighted by Gasteiger charge is 2.20. The van der Waals surface area contributed by atoms with Gasteiger partial charge in [0, 0.05) is 18.3 Å². The van der Waals surface area contributed by atoms with Crippen LogP contribution in [0.3, 0.4) is 0 Å². The Hall–Kier alpha value is -1.29. The van der Waals surface area contributed by atoms with Gasteiger partial charge in [-0.1, -0.05) is 13.8 Å². The lowest BCUT2D eigenvalue weighted by molar-refractivity contribution is 0.0924. The molecule has 1 aromatic rings. The monoisotopic (exact) mass is 291 g/mol. The highest BCUT2D eigenvalue weighted by Crippen LogP contribution is 2.21. The molecule has 1 aromatic heterocycles. The first-order chi connectivity index (χ1) is 10.1. The van der Waals surface area contributed by atoms with Crippen LogP contribution in [0, 0.1) is 5.92 Å². The minimum Gasteiger partial charge on any atom is -0.348 e. The Morgan fingerprint density at radius 3 is 2.71 bits per heavy atom. The average molecular weight is 291 g/mol. The molecule has 1 atom stereocenters. The number of aromatic nitrogens is 1. The Bertz CT molecular complexity index is 447. The zero-order valence-corrected chi connectivity index (χ0v) is 13.6. The molecule has 0 aliphatic carbocycles. The third-order valence-corrected chi connectivity index (χ3v) is 4.27. The Labute approximate surface area is 128 Å². The van der Waals surface area contributed by atoms with Crippen LogP contribution in [0.15, 0.2) is 18.3 Å². The van der Waals surface area contributed by atoms with Gasteiger partial charge in [-0.25, -0.2) is 0 Å². The highest BCUT2D eigenvalue weighted by atomic mass is 16.2. The van der Waals surface area contributed by atoms with Crippen molar-refractivity contribution in [2.24, 2.45) is 5.92 Å². The average Bonchev–Trinajstić information content (AvgIpc) is 2.95. The largest absolute Gasteiger partial charge is 0.348 e. The summed E-state index contributed by atoms with van der Waals surface area (Å²) in [6.07, 6.45) is 6.42. The van der Waals surface area contributed by atoms with Gasteiger partial charge in [-0.3, -0.25) is 4.79 Å². The first kappa shape index (κ1) is 16.1. The molecule has 21 heavy (non-hydrogen) atoms. The van der Waals surface area contributed by atoms with Crippen LogP contribution in [0.1, 0.15) is 63.0 Å². The lowest BCUT2D eigenvalue weighted by atomic mass is 10.0. The molecule has 1 amide bonds. The summed E-state index contributed by atoms with van der Waals surface area (Å²) in [5, 5.41) is 6.51. The Balaban J connectivity index is 1.94. The predicted octanol–water partition coefficient (Wildman–Crippen LogP) is 2.97. The van der Waals surface area contributed by atoms with E-state index in [2.05, 4.69) is 36.0 Å². The summed E-state index contributed by atoms with van der Waals surface area (Å²) in [5.41, 5.74) is 0.804. The summed E-state index contributed by atoms with van der Waals surface area (Å²) < 4.78 is 2.16. The fraction of sp³-hybridized carbons (Fsp3) is 0.706. The number of hydrogen-bond acceptors (Lipinski definition) is 2. The molecule has 0 radical (unpaired) electrons. The summed E-state index contributed by atoms with van der Waals surface area (Å²) in [6, 6.07) is 4.60. The summed E-state index contributed by atoms with van der Waals surface area (Å²) in [4.78, 5) is 12.5. The lowest BCUT2D eigenvalue weighted by Gasteiger charge is -2.26. The van der Waals surface area contributed by atoms with Crippen LogP contribution in [0.5, 0.6) is 0 Å². The number of hydrogen-bond donors (Lipinski definition) is 2. The molecule has 118 valence electrons. The van der Waals surface area contributed by atoms with Crippen molar-refractivity contribution in [3.05, 3.63) is 24.0 Å². The van der Waals surface area contributed by atoms with E-state index in [0.717, 1.165) is 44.5 Å². The molecule has 4 nitrogen and oxygen atoms in total. The molecule has 1 fully saturated rings. The van der Waals surface area contributed by atoms with Gasteiger partial charge in [0.2, 0.25) is 0 Å². The van der Waals surface area contributed by atoms with Gasteiger partial charge in [0.05, 0.1) is 0 Å². The highest BCUT2D eigenvalue weighted by molar-refractivity contribution is 5.93. The van der Waals surface area contributed by atoms with Crippen LogP contribution >= 0.6 is 0 Å². The molecule has 2 rings (SSSR count). The molecule has 2 N–H and O–H groups in total. The summed E-state index contributed by atoms with van der Waals surface area (Å²) in [7, 11) is 0. The van der Waals surface area contributed by atoms with Gasteiger partial charge in [-0.05, 0) is 63.7 Å². The fourth-order valence-electron chi connectivity index (χ4n) is 2.94. The second-order valence-corrected chi connectivity index (χ2v) is 6.63. The van der Waals surface area contributed by atoms with Gasteiger partial charge < -0.3 is 15.2 Å². The number of nitrogens with one attached hydrogen (secondary N) is 2. The van der Waals surface area contributed by atoms with Crippen LogP contribution in [0.25, 0.3) is 0 Å². The predicted molar refractivity (Wildman–Crippen MR) is 86.6 cm³/mol. The Morgan fingerprint density at radius 2 is 2.05 bits per heavy atom. The SMILES string of the molecule is CC(C)CCC(C)NC(=O)c1cccn1C1CCNCC1. The first-order valence-electron chi connectivity index (χ1n) is 8.26. The molecule has 0 spiro atoms. The van der Waals surface area contributed by atoms with Crippen LogP contribution in [0.2, 0.25) is 0 Å². The maximum absolute atomic E-state index is 12.5. The molecule has 0 bridgehead atoms. The van der Waals surface area contributed by atoms with Crippen molar-refractivity contribution >= 4 is 5.91 Å². The number of carbonyl (C=O) groups is 1. The van der Waals surface area contributed by atoms with E-state index < -0.39 is 0 Å². The molecule has 4 heteroatoms. The molecule has 1 aliphatic rings. The Kier molecular flexibility index (Phi) is 5.85. The van der Waals surface area contributed by atoms with Gasteiger partial charge in [0.15, 0.2) is 0 Å². The van der Waals surface area contributed by atoms with Crippen molar-refractivity contribution in [2.45, 2.75) is 58.5 Å². The summed E-state index contributed by atoms with van der Waals surface area (Å²) in [6.45, 7) is 8.61. The minimum atomic E-state index is 0.0646. The van der Waals surface area contributed by atoms with Crippen LogP contribution in [-0.2, 0) is 0 Å². The zero-order chi connectivity index (χ0) is 15.2. The van der Waals surface area contributed by atoms with Crippen LogP contribution in [0.4, 0.5) is 0 Å². The maximum atomic E-state index is 12.5. The second kappa shape index (κ2) is 7.64. The fourth-order valence-corrected chi connectivity index (χ4v) is 2.94. The van der Waals surface area contributed by atoms with Crippen LogP contribution < -0.4 is 10.6 Å².